The number of halogens is 1. The monoisotopic (exact) mass is 370 g/mol. The first-order valence-electron chi connectivity index (χ1n) is 8.98. The van der Waals surface area contributed by atoms with Crippen LogP contribution in [0.2, 0.25) is 5.02 Å². The molecule has 0 unspecified atom stereocenters. The second-order valence-corrected chi connectivity index (χ2v) is 7.17. The molecule has 6 heteroatoms. The van der Waals surface area contributed by atoms with Crippen molar-refractivity contribution in [3.63, 3.8) is 0 Å². The van der Waals surface area contributed by atoms with Crippen LogP contribution in [-0.2, 0) is 17.8 Å². The number of nitrogen functional groups attached to an aromatic ring is 1. The molecule has 1 amide bonds. The van der Waals surface area contributed by atoms with Crippen LogP contribution in [0.4, 0.5) is 5.69 Å². The Morgan fingerprint density at radius 2 is 1.92 bits per heavy atom. The summed E-state index contributed by atoms with van der Waals surface area (Å²) in [6, 6.07) is 11.3. The molecule has 1 aromatic heterocycles. The standard InChI is InChI=1S/C20H23ClN4O/c21-16-7-5-6-15(10-16)11-19-18(23)12-17(13-22)25(19)14-20(26)24-8-3-1-2-4-9-24/h5-7,10,12H,1-4,8-9,11,14,23H2. The van der Waals surface area contributed by atoms with E-state index in [4.69, 9.17) is 17.3 Å². The number of hydrogen-bond acceptors (Lipinski definition) is 3. The van der Waals surface area contributed by atoms with E-state index in [2.05, 4.69) is 6.07 Å². The van der Waals surface area contributed by atoms with Crippen LogP contribution in [-0.4, -0.2) is 28.5 Å². The number of carbonyl (C=O) groups is 1. The van der Waals surface area contributed by atoms with Gasteiger partial charge in [0.1, 0.15) is 18.3 Å². The average molecular weight is 371 g/mol. The van der Waals surface area contributed by atoms with Gasteiger partial charge in [-0.05, 0) is 36.6 Å². The fourth-order valence-electron chi connectivity index (χ4n) is 3.48. The van der Waals surface area contributed by atoms with Crippen LogP contribution in [0.15, 0.2) is 30.3 Å². The third-order valence-corrected chi connectivity index (χ3v) is 5.10. The Labute approximate surface area is 159 Å². The molecule has 0 aliphatic carbocycles. The molecule has 1 aliphatic rings. The van der Waals surface area contributed by atoms with Gasteiger partial charge < -0.3 is 15.2 Å². The van der Waals surface area contributed by atoms with Crippen molar-refractivity contribution in [3.8, 4) is 6.07 Å². The molecule has 1 aromatic carbocycles. The molecule has 0 atom stereocenters. The van der Waals surface area contributed by atoms with E-state index in [1.54, 1.807) is 10.6 Å². The summed E-state index contributed by atoms with van der Waals surface area (Å²) >= 11 is 6.07. The smallest absolute Gasteiger partial charge is 0.242 e. The summed E-state index contributed by atoms with van der Waals surface area (Å²) in [5, 5.41) is 10.1. The van der Waals surface area contributed by atoms with Gasteiger partial charge in [0.2, 0.25) is 5.91 Å². The summed E-state index contributed by atoms with van der Waals surface area (Å²) in [6.45, 7) is 1.73. The molecule has 5 nitrogen and oxygen atoms in total. The van der Waals surface area contributed by atoms with Gasteiger partial charge in [-0.2, -0.15) is 5.26 Å². The third-order valence-electron chi connectivity index (χ3n) is 4.87. The first-order chi connectivity index (χ1) is 12.6. The van der Waals surface area contributed by atoms with Gasteiger partial charge in [0.15, 0.2) is 0 Å². The van der Waals surface area contributed by atoms with Crippen molar-refractivity contribution in [2.24, 2.45) is 0 Å². The van der Waals surface area contributed by atoms with Crippen molar-refractivity contribution in [2.45, 2.75) is 38.6 Å². The van der Waals surface area contributed by atoms with Crippen LogP contribution >= 0.6 is 11.6 Å². The van der Waals surface area contributed by atoms with E-state index in [9.17, 15) is 10.1 Å². The number of carbonyl (C=O) groups excluding carboxylic acids is 1. The van der Waals surface area contributed by atoms with Crippen LogP contribution in [0.1, 0.15) is 42.6 Å². The highest BCUT2D eigenvalue weighted by Gasteiger charge is 2.20. The molecule has 3 rings (SSSR count). The fourth-order valence-corrected chi connectivity index (χ4v) is 3.69. The maximum absolute atomic E-state index is 12.8. The molecule has 26 heavy (non-hydrogen) atoms. The number of nitriles is 1. The molecule has 2 aromatic rings. The van der Waals surface area contributed by atoms with E-state index in [0.29, 0.717) is 22.8 Å². The van der Waals surface area contributed by atoms with Crippen molar-refractivity contribution in [2.75, 3.05) is 18.8 Å². The van der Waals surface area contributed by atoms with Gasteiger partial charge in [-0.3, -0.25) is 4.79 Å². The minimum atomic E-state index is 0.0475. The number of amides is 1. The zero-order chi connectivity index (χ0) is 18.5. The van der Waals surface area contributed by atoms with Gasteiger partial charge in [-0.25, -0.2) is 0 Å². The number of hydrogen-bond donors (Lipinski definition) is 1. The van der Waals surface area contributed by atoms with E-state index in [1.807, 2.05) is 29.2 Å². The summed E-state index contributed by atoms with van der Waals surface area (Å²) in [5.41, 5.74) is 8.88. The van der Waals surface area contributed by atoms with Crippen LogP contribution in [0.25, 0.3) is 0 Å². The zero-order valence-electron chi connectivity index (χ0n) is 14.7. The number of rotatable bonds is 4. The molecule has 136 valence electrons. The predicted octanol–water partition coefficient (Wildman–Crippen LogP) is 3.59. The minimum absolute atomic E-state index is 0.0475. The lowest BCUT2D eigenvalue weighted by Gasteiger charge is -2.22. The summed E-state index contributed by atoms with van der Waals surface area (Å²) in [4.78, 5) is 14.7. The quantitative estimate of drug-likeness (QED) is 0.893. The largest absolute Gasteiger partial charge is 0.397 e. The first kappa shape index (κ1) is 18.3. The molecule has 1 saturated heterocycles. The van der Waals surface area contributed by atoms with Crippen molar-refractivity contribution in [1.82, 2.24) is 9.47 Å². The molecule has 1 aliphatic heterocycles. The third kappa shape index (κ3) is 4.20. The first-order valence-corrected chi connectivity index (χ1v) is 9.36. The number of nitrogens with zero attached hydrogens (tertiary/aromatic N) is 3. The second kappa shape index (κ2) is 8.29. The zero-order valence-corrected chi connectivity index (χ0v) is 15.5. The predicted molar refractivity (Wildman–Crippen MR) is 103 cm³/mol. The van der Waals surface area contributed by atoms with Crippen LogP contribution in [0.3, 0.4) is 0 Å². The normalized spacial score (nSPS) is 14.7. The van der Waals surface area contributed by atoms with Gasteiger partial charge in [-0.1, -0.05) is 36.6 Å². The van der Waals surface area contributed by atoms with E-state index in [-0.39, 0.29) is 12.5 Å². The minimum Gasteiger partial charge on any atom is -0.397 e. The summed E-state index contributed by atoms with van der Waals surface area (Å²) < 4.78 is 1.75. The molecule has 0 radical (unpaired) electrons. The van der Waals surface area contributed by atoms with Crippen molar-refractivity contribution in [3.05, 3.63) is 52.3 Å². The Balaban J connectivity index is 1.85. The van der Waals surface area contributed by atoms with E-state index >= 15 is 0 Å². The second-order valence-electron chi connectivity index (χ2n) is 6.73. The summed E-state index contributed by atoms with van der Waals surface area (Å²) in [6.07, 6.45) is 4.95. The number of anilines is 1. The van der Waals surface area contributed by atoms with Gasteiger partial charge >= 0.3 is 0 Å². The topological polar surface area (TPSA) is 75.0 Å². The van der Waals surface area contributed by atoms with E-state index < -0.39 is 0 Å². The molecule has 0 bridgehead atoms. The Morgan fingerprint density at radius 3 is 2.58 bits per heavy atom. The number of likely N-dealkylation sites (tertiary alicyclic amines) is 1. The van der Waals surface area contributed by atoms with E-state index in [0.717, 1.165) is 37.2 Å². The molecule has 1 fully saturated rings. The Kier molecular flexibility index (Phi) is 5.85. The van der Waals surface area contributed by atoms with Crippen molar-refractivity contribution in [1.29, 1.82) is 5.26 Å². The van der Waals surface area contributed by atoms with Gasteiger partial charge in [0.05, 0.1) is 5.69 Å². The van der Waals surface area contributed by atoms with Crippen molar-refractivity contribution < 1.29 is 4.79 Å². The highest BCUT2D eigenvalue weighted by atomic mass is 35.5. The Hall–Kier alpha value is -2.45. The Bertz CT molecular complexity index is 829. The Morgan fingerprint density at radius 1 is 1.19 bits per heavy atom. The number of benzene rings is 1. The average Bonchev–Trinajstić information content (AvgIpc) is 2.82. The van der Waals surface area contributed by atoms with E-state index in [1.165, 1.54) is 12.8 Å². The molecule has 0 spiro atoms. The lowest BCUT2D eigenvalue weighted by molar-refractivity contribution is -0.131. The van der Waals surface area contributed by atoms with Crippen LogP contribution < -0.4 is 5.73 Å². The van der Waals surface area contributed by atoms with Gasteiger partial charge in [0.25, 0.3) is 0 Å². The maximum Gasteiger partial charge on any atom is 0.242 e. The number of aromatic nitrogens is 1. The highest BCUT2D eigenvalue weighted by molar-refractivity contribution is 6.30. The molecule has 2 N–H and O–H groups in total. The van der Waals surface area contributed by atoms with Gasteiger partial charge in [0, 0.05) is 30.2 Å². The van der Waals surface area contributed by atoms with Crippen LogP contribution in [0, 0.1) is 11.3 Å². The SMILES string of the molecule is N#Cc1cc(N)c(Cc2cccc(Cl)c2)n1CC(=O)N1CCCCCC1. The number of nitrogens with two attached hydrogens (primary N) is 1. The van der Waals surface area contributed by atoms with Gasteiger partial charge in [-0.15, -0.1) is 0 Å². The lowest BCUT2D eigenvalue weighted by Crippen LogP contribution is -2.35. The molecule has 0 saturated carbocycles. The highest BCUT2D eigenvalue weighted by Crippen LogP contribution is 2.23. The van der Waals surface area contributed by atoms with Crippen molar-refractivity contribution >= 4 is 23.2 Å². The summed E-state index contributed by atoms with van der Waals surface area (Å²) in [7, 11) is 0. The molecular formula is C20H23ClN4O. The fraction of sp³-hybridized carbons (Fsp3) is 0.400. The van der Waals surface area contributed by atoms with Crippen LogP contribution in [0.5, 0.6) is 0 Å². The molecule has 2 heterocycles. The summed E-state index contributed by atoms with van der Waals surface area (Å²) in [5.74, 6) is 0.0475. The lowest BCUT2D eigenvalue weighted by atomic mass is 10.1. The maximum atomic E-state index is 12.8. The molecular weight excluding hydrogens is 348 g/mol.